The lowest BCUT2D eigenvalue weighted by molar-refractivity contribution is 0.230. The zero-order valence-electron chi connectivity index (χ0n) is 7.29. The van der Waals surface area contributed by atoms with Crippen molar-refractivity contribution in [1.29, 1.82) is 0 Å². The van der Waals surface area contributed by atoms with Crippen LogP contribution in [0.4, 0.5) is 0 Å². The molecule has 1 unspecified atom stereocenters. The smallest absolute Gasteiger partial charge is 0.0465 e. The molecule has 0 spiro atoms. The second-order valence-corrected chi connectivity index (χ2v) is 3.65. The molecule has 2 aliphatic rings. The van der Waals surface area contributed by atoms with Gasteiger partial charge in [0.25, 0.3) is 0 Å². The van der Waals surface area contributed by atoms with E-state index in [-0.39, 0.29) is 0 Å². The van der Waals surface area contributed by atoms with Crippen molar-refractivity contribution in [2.45, 2.75) is 25.7 Å². The third-order valence-corrected chi connectivity index (χ3v) is 2.72. The molecule has 0 aromatic carbocycles. The Morgan fingerprint density at radius 3 is 3.33 bits per heavy atom. The van der Waals surface area contributed by atoms with Crippen molar-refractivity contribution in [3.8, 4) is 0 Å². The van der Waals surface area contributed by atoms with Gasteiger partial charge in [-0.15, -0.1) is 0 Å². The van der Waals surface area contributed by atoms with E-state index in [0.717, 1.165) is 19.4 Å². The number of nitrogens with zero attached hydrogens (tertiary/aromatic N) is 1. The fourth-order valence-electron chi connectivity index (χ4n) is 1.95. The van der Waals surface area contributed by atoms with E-state index < -0.39 is 0 Å². The first-order valence-corrected chi connectivity index (χ1v) is 4.73. The maximum absolute atomic E-state index is 9.00. The summed E-state index contributed by atoms with van der Waals surface area (Å²) in [5.41, 5.74) is 2.72. The SMILES string of the molecule is OCC1CC=C2CCCN=C2C1. The Hall–Kier alpha value is -0.630. The molecule has 1 heterocycles. The van der Waals surface area contributed by atoms with Gasteiger partial charge in [-0.2, -0.15) is 0 Å². The van der Waals surface area contributed by atoms with E-state index in [1.165, 1.54) is 24.1 Å². The van der Waals surface area contributed by atoms with Gasteiger partial charge in [0.2, 0.25) is 0 Å². The molecule has 2 rings (SSSR count). The summed E-state index contributed by atoms with van der Waals surface area (Å²) in [6, 6.07) is 0. The summed E-state index contributed by atoms with van der Waals surface area (Å²) in [4.78, 5) is 4.49. The standard InChI is InChI=1S/C10H15NO/c12-7-8-3-4-9-2-1-5-11-10(9)6-8/h4,8,12H,1-3,5-7H2. The van der Waals surface area contributed by atoms with Gasteiger partial charge in [-0.25, -0.2) is 0 Å². The molecule has 1 atom stereocenters. The molecule has 0 bridgehead atoms. The van der Waals surface area contributed by atoms with Crippen molar-refractivity contribution in [2.24, 2.45) is 10.9 Å². The van der Waals surface area contributed by atoms with E-state index in [9.17, 15) is 0 Å². The predicted octanol–water partition coefficient (Wildman–Crippen LogP) is 1.55. The van der Waals surface area contributed by atoms with E-state index in [4.69, 9.17) is 5.11 Å². The van der Waals surface area contributed by atoms with Crippen LogP contribution in [-0.4, -0.2) is 24.0 Å². The first kappa shape index (κ1) is 7.99. The first-order chi connectivity index (χ1) is 5.90. The van der Waals surface area contributed by atoms with Crippen LogP contribution in [0.1, 0.15) is 25.7 Å². The molecule has 0 saturated heterocycles. The highest BCUT2D eigenvalue weighted by molar-refractivity contribution is 6.01. The summed E-state index contributed by atoms with van der Waals surface area (Å²) in [6.07, 6.45) is 6.73. The molecule has 0 aromatic rings. The highest BCUT2D eigenvalue weighted by atomic mass is 16.3. The van der Waals surface area contributed by atoms with Crippen LogP contribution in [0.2, 0.25) is 0 Å². The van der Waals surface area contributed by atoms with Crippen LogP contribution in [0.5, 0.6) is 0 Å². The highest BCUT2D eigenvalue weighted by Crippen LogP contribution is 2.26. The molecule has 1 aliphatic heterocycles. The quantitative estimate of drug-likeness (QED) is 0.628. The molecule has 0 amide bonds. The molecule has 0 fully saturated rings. The van der Waals surface area contributed by atoms with Gasteiger partial charge < -0.3 is 5.11 Å². The van der Waals surface area contributed by atoms with Crippen molar-refractivity contribution in [3.05, 3.63) is 11.6 Å². The topological polar surface area (TPSA) is 32.6 Å². The van der Waals surface area contributed by atoms with Crippen LogP contribution >= 0.6 is 0 Å². The lowest BCUT2D eigenvalue weighted by Gasteiger charge is -2.24. The lowest BCUT2D eigenvalue weighted by atomic mass is 9.85. The van der Waals surface area contributed by atoms with Gasteiger partial charge in [-0.1, -0.05) is 6.08 Å². The average molecular weight is 165 g/mol. The Kier molecular flexibility index (Phi) is 2.26. The second-order valence-electron chi connectivity index (χ2n) is 3.65. The minimum Gasteiger partial charge on any atom is -0.396 e. The second kappa shape index (κ2) is 3.40. The molecule has 1 aliphatic carbocycles. The Morgan fingerprint density at radius 1 is 1.58 bits per heavy atom. The third kappa shape index (κ3) is 1.44. The summed E-state index contributed by atoms with van der Waals surface area (Å²) >= 11 is 0. The number of hydrogen-bond donors (Lipinski definition) is 1. The van der Waals surface area contributed by atoms with E-state index in [0.29, 0.717) is 12.5 Å². The van der Waals surface area contributed by atoms with Crippen molar-refractivity contribution >= 4 is 5.71 Å². The number of allylic oxidation sites excluding steroid dienone is 2. The van der Waals surface area contributed by atoms with Gasteiger partial charge in [0, 0.05) is 18.9 Å². The summed E-state index contributed by atoms with van der Waals surface area (Å²) in [5, 5.41) is 9.00. The van der Waals surface area contributed by atoms with Crippen LogP contribution in [0.3, 0.4) is 0 Å². The molecule has 2 heteroatoms. The van der Waals surface area contributed by atoms with E-state index >= 15 is 0 Å². The number of aliphatic hydroxyl groups is 1. The number of aliphatic imine (C=N–C) groups is 1. The van der Waals surface area contributed by atoms with E-state index in [2.05, 4.69) is 11.1 Å². The summed E-state index contributed by atoms with van der Waals surface area (Å²) in [5.74, 6) is 0.436. The summed E-state index contributed by atoms with van der Waals surface area (Å²) in [7, 11) is 0. The van der Waals surface area contributed by atoms with Gasteiger partial charge in [0.05, 0.1) is 0 Å². The molecule has 2 nitrogen and oxygen atoms in total. The number of hydrogen-bond acceptors (Lipinski definition) is 2. The van der Waals surface area contributed by atoms with E-state index in [1.807, 2.05) is 0 Å². The monoisotopic (exact) mass is 165 g/mol. The minimum atomic E-state index is 0.308. The summed E-state index contributed by atoms with van der Waals surface area (Å²) < 4.78 is 0. The van der Waals surface area contributed by atoms with Crippen molar-refractivity contribution < 1.29 is 5.11 Å². The number of fused-ring (bicyclic) bond motifs is 1. The first-order valence-electron chi connectivity index (χ1n) is 4.73. The minimum absolute atomic E-state index is 0.308. The van der Waals surface area contributed by atoms with Gasteiger partial charge in [-0.05, 0) is 37.2 Å². The third-order valence-electron chi connectivity index (χ3n) is 2.72. The van der Waals surface area contributed by atoms with Crippen LogP contribution in [0.15, 0.2) is 16.6 Å². The normalized spacial score (nSPS) is 28.9. The molecular formula is C10H15NO. The molecule has 1 N–H and O–H groups in total. The molecule has 0 saturated carbocycles. The van der Waals surface area contributed by atoms with Crippen LogP contribution in [-0.2, 0) is 0 Å². The fourth-order valence-corrected chi connectivity index (χ4v) is 1.95. The molecule has 0 radical (unpaired) electrons. The molecule has 0 aromatic heterocycles. The average Bonchev–Trinajstić information content (AvgIpc) is 2.17. The molecule has 66 valence electrons. The zero-order chi connectivity index (χ0) is 8.39. The Labute approximate surface area is 73.0 Å². The molecule has 12 heavy (non-hydrogen) atoms. The van der Waals surface area contributed by atoms with Gasteiger partial charge >= 0.3 is 0 Å². The Bertz CT molecular complexity index is 230. The zero-order valence-corrected chi connectivity index (χ0v) is 7.29. The van der Waals surface area contributed by atoms with Gasteiger partial charge in [0.15, 0.2) is 0 Å². The van der Waals surface area contributed by atoms with Crippen LogP contribution < -0.4 is 0 Å². The van der Waals surface area contributed by atoms with Gasteiger partial charge in [-0.3, -0.25) is 4.99 Å². The lowest BCUT2D eigenvalue weighted by Crippen LogP contribution is -2.21. The van der Waals surface area contributed by atoms with E-state index in [1.54, 1.807) is 0 Å². The van der Waals surface area contributed by atoms with Crippen molar-refractivity contribution in [1.82, 2.24) is 0 Å². The Balaban J connectivity index is 2.14. The maximum Gasteiger partial charge on any atom is 0.0465 e. The van der Waals surface area contributed by atoms with Gasteiger partial charge in [0.1, 0.15) is 0 Å². The van der Waals surface area contributed by atoms with Crippen LogP contribution in [0.25, 0.3) is 0 Å². The van der Waals surface area contributed by atoms with Crippen LogP contribution in [0, 0.1) is 5.92 Å². The number of aliphatic hydroxyl groups excluding tert-OH is 1. The fraction of sp³-hybridized carbons (Fsp3) is 0.700. The molecular weight excluding hydrogens is 150 g/mol. The maximum atomic E-state index is 9.00. The van der Waals surface area contributed by atoms with Crippen molar-refractivity contribution in [3.63, 3.8) is 0 Å². The highest BCUT2D eigenvalue weighted by Gasteiger charge is 2.20. The number of rotatable bonds is 1. The van der Waals surface area contributed by atoms with Crippen molar-refractivity contribution in [2.75, 3.05) is 13.2 Å². The Morgan fingerprint density at radius 2 is 2.50 bits per heavy atom. The largest absolute Gasteiger partial charge is 0.396 e. The predicted molar refractivity (Wildman–Crippen MR) is 49.4 cm³/mol. The summed E-state index contributed by atoms with van der Waals surface area (Å²) in [6.45, 7) is 1.30.